The number of carboxylic acids is 2. The van der Waals surface area contributed by atoms with Crippen molar-refractivity contribution in [3.8, 4) is 0 Å². The Hall–Kier alpha value is -2.46. The standard InChI is InChI=1S/C12H11NO5/c14-7-13-10(12(17)18)9(11(15)16)6-8-4-2-1-3-5-8/h1-5,9-10H,6H2,(H,15,16)(H,17,18)/t9?,10-/m0/s1. The predicted octanol–water partition coefficient (Wildman–Crippen LogP) is 0.719. The molecule has 0 aliphatic heterocycles. The second kappa shape index (κ2) is 6.32. The van der Waals surface area contributed by atoms with E-state index in [1.165, 1.54) is 0 Å². The summed E-state index contributed by atoms with van der Waals surface area (Å²) in [6.07, 6.45) is 1.09. The molecule has 1 rings (SSSR count). The first-order valence-electron chi connectivity index (χ1n) is 5.12. The number of rotatable bonds is 6. The Morgan fingerprint density at radius 2 is 1.78 bits per heavy atom. The molecule has 2 N–H and O–H groups in total. The highest BCUT2D eigenvalue weighted by atomic mass is 16.4. The molecule has 1 unspecified atom stereocenters. The first kappa shape index (κ1) is 13.6. The van der Waals surface area contributed by atoms with Crippen molar-refractivity contribution >= 4 is 18.0 Å². The lowest BCUT2D eigenvalue weighted by atomic mass is 9.92. The molecule has 6 heteroatoms. The third kappa shape index (κ3) is 3.54. The van der Waals surface area contributed by atoms with Gasteiger partial charge in [-0.2, -0.15) is 4.99 Å². The van der Waals surface area contributed by atoms with Gasteiger partial charge in [-0.15, -0.1) is 0 Å². The molecule has 0 spiro atoms. The van der Waals surface area contributed by atoms with Crippen molar-refractivity contribution in [2.24, 2.45) is 10.9 Å². The summed E-state index contributed by atoms with van der Waals surface area (Å²) < 4.78 is 0. The molecule has 0 fully saturated rings. The average molecular weight is 249 g/mol. The number of carbonyl (C=O) groups excluding carboxylic acids is 1. The van der Waals surface area contributed by atoms with Gasteiger partial charge in [0, 0.05) is 0 Å². The summed E-state index contributed by atoms with van der Waals surface area (Å²) in [5.41, 5.74) is 0.664. The summed E-state index contributed by atoms with van der Waals surface area (Å²) in [5.74, 6) is -4.07. The molecule has 0 saturated carbocycles. The molecule has 6 nitrogen and oxygen atoms in total. The Bertz CT molecular complexity index is 477. The maximum absolute atomic E-state index is 11.1. The van der Waals surface area contributed by atoms with Gasteiger partial charge in [-0.3, -0.25) is 4.79 Å². The van der Waals surface area contributed by atoms with Crippen LogP contribution in [0.2, 0.25) is 0 Å². The van der Waals surface area contributed by atoms with E-state index in [4.69, 9.17) is 10.2 Å². The van der Waals surface area contributed by atoms with Crippen LogP contribution in [0.1, 0.15) is 5.56 Å². The highest BCUT2D eigenvalue weighted by molar-refractivity contribution is 5.83. The Morgan fingerprint density at radius 1 is 1.17 bits per heavy atom. The maximum atomic E-state index is 11.1. The van der Waals surface area contributed by atoms with Gasteiger partial charge >= 0.3 is 11.9 Å². The molecular weight excluding hydrogens is 238 g/mol. The zero-order valence-corrected chi connectivity index (χ0v) is 9.31. The lowest BCUT2D eigenvalue weighted by Gasteiger charge is -2.15. The summed E-state index contributed by atoms with van der Waals surface area (Å²) in [5, 5.41) is 17.9. The summed E-state index contributed by atoms with van der Waals surface area (Å²) in [7, 11) is 0. The Morgan fingerprint density at radius 3 is 2.22 bits per heavy atom. The van der Waals surface area contributed by atoms with Gasteiger partial charge in [0.1, 0.15) is 0 Å². The normalized spacial score (nSPS) is 13.1. The number of carboxylic acid groups (broad SMARTS) is 2. The largest absolute Gasteiger partial charge is 0.481 e. The summed E-state index contributed by atoms with van der Waals surface area (Å²) in [6.45, 7) is 0. The minimum absolute atomic E-state index is 0.0156. The van der Waals surface area contributed by atoms with E-state index < -0.39 is 23.9 Å². The SMILES string of the molecule is O=C=N[C@H](C(=O)O)C(Cc1ccccc1)C(=O)O. The van der Waals surface area contributed by atoms with Crippen LogP contribution >= 0.6 is 0 Å². The second-order valence-corrected chi connectivity index (χ2v) is 3.64. The Balaban J connectivity index is 2.98. The molecule has 1 aromatic rings. The Labute approximate surface area is 103 Å². The topological polar surface area (TPSA) is 104 Å². The van der Waals surface area contributed by atoms with Gasteiger partial charge < -0.3 is 10.2 Å². The maximum Gasteiger partial charge on any atom is 0.330 e. The highest BCUT2D eigenvalue weighted by Crippen LogP contribution is 2.16. The first-order valence-corrected chi connectivity index (χ1v) is 5.12. The molecule has 0 bridgehead atoms. The molecular formula is C12H11NO5. The third-order valence-corrected chi connectivity index (χ3v) is 2.44. The fourth-order valence-electron chi connectivity index (χ4n) is 1.58. The molecule has 2 atom stereocenters. The van der Waals surface area contributed by atoms with Crippen LogP contribution in [-0.2, 0) is 20.8 Å². The highest BCUT2D eigenvalue weighted by Gasteiger charge is 2.33. The van der Waals surface area contributed by atoms with Crippen molar-refractivity contribution in [2.45, 2.75) is 12.5 Å². The van der Waals surface area contributed by atoms with Crippen molar-refractivity contribution in [3.63, 3.8) is 0 Å². The number of benzene rings is 1. The summed E-state index contributed by atoms with van der Waals surface area (Å²) in [4.78, 5) is 35.2. The van der Waals surface area contributed by atoms with Crippen molar-refractivity contribution in [1.29, 1.82) is 0 Å². The van der Waals surface area contributed by atoms with Crippen molar-refractivity contribution < 1.29 is 24.6 Å². The van der Waals surface area contributed by atoms with Crippen LogP contribution in [0.5, 0.6) is 0 Å². The van der Waals surface area contributed by atoms with Gasteiger partial charge in [0.25, 0.3) is 0 Å². The van der Waals surface area contributed by atoms with Gasteiger partial charge in [-0.25, -0.2) is 9.59 Å². The van der Waals surface area contributed by atoms with E-state index in [1.807, 2.05) is 0 Å². The molecule has 0 saturated heterocycles. The van der Waals surface area contributed by atoms with Crippen LogP contribution in [0.4, 0.5) is 0 Å². The van der Waals surface area contributed by atoms with Crippen LogP contribution in [0.3, 0.4) is 0 Å². The summed E-state index contributed by atoms with van der Waals surface area (Å²) in [6, 6.07) is 6.93. The van der Waals surface area contributed by atoms with E-state index in [2.05, 4.69) is 4.99 Å². The van der Waals surface area contributed by atoms with Gasteiger partial charge in [0.15, 0.2) is 6.04 Å². The molecule has 0 aliphatic rings. The van der Waals surface area contributed by atoms with Crippen LogP contribution in [0, 0.1) is 5.92 Å². The number of nitrogens with zero attached hydrogens (tertiary/aromatic N) is 1. The molecule has 0 heterocycles. The lowest BCUT2D eigenvalue weighted by Crippen LogP contribution is -2.35. The van der Waals surface area contributed by atoms with Gasteiger partial charge in [0.2, 0.25) is 6.08 Å². The van der Waals surface area contributed by atoms with Crippen molar-refractivity contribution in [3.05, 3.63) is 35.9 Å². The molecule has 0 aliphatic carbocycles. The molecule has 1 aromatic carbocycles. The minimum atomic E-state index is -1.62. The zero-order valence-electron chi connectivity index (χ0n) is 9.31. The van der Waals surface area contributed by atoms with Crippen LogP contribution in [-0.4, -0.2) is 34.3 Å². The Kier molecular flexibility index (Phi) is 4.78. The molecule has 0 amide bonds. The van der Waals surface area contributed by atoms with Gasteiger partial charge in [-0.05, 0) is 12.0 Å². The molecule has 94 valence electrons. The monoisotopic (exact) mass is 249 g/mol. The quantitative estimate of drug-likeness (QED) is 0.571. The summed E-state index contributed by atoms with van der Waals surface area (Å²) >= 11 is 0. The zero-order chi connectivity index (χ0) is 13.5. The fourth-order valence-corrected chi connectivity index (χ4v) is 1.58. The number of hydrogen-bond donors (Lipinski definition) is 2. The van der Waals surface area contributed by atoms with E-state index >= 15 is 0 Å². The first-order chi connectivity index (χ1) is 8.56. The van der Waals surface area contributed by atoms with Crippen molar-refractivity contribution in [2.75, 3.05) is 0 Å². The molecule has 0 aromatic heterocycles. The van der Waals surface area contributed by atoms with E-state index in [1.54, 1.807) is 30.3 Å². The van der Waals surface area contributed by atoms with Gasteiger partial charge in [-0.1, -0.05) is 30.3 Å². The van der Waals surface area contributed by atoms with E-state index in [-0.39, 0.29) is 6.42 Å². The second-order valence-electron chi connectivity index (χ2n) is 3.64. The van der Waals surface area contributed by atoms with E-state index in [9.17, 15) is 14.4 Å². The van der Waals surface area contributed by atoms with Crippen LogP contribution in [0.25, 0.3) is 0 Å². The average Bonchev–Trinajstić information content (AvgIpc) is 2.34. The number of aliphatic imine (C=N–C) groups is 1. The number of isocyanates is 1. The van der Waals surface area contributed by atoms with Crippen LogP contribution < -0.4 is 0 Å². The number of carbonyl (C=O) groups is 2. The molecule has 18 heavy (non-hydrogen) atoms. The fraction of sp³-hybridized carbons (Fsp3) is 0.250. The minimum Gasteiger partial charge on any atom is -0.481 e. The van der Waals surface area contributed by atoms with Crippen molar-refractivity contribution in [1.82, 2.24) is 0 Å². The predicted molar refractivity (Wildman–Crippen MR) is 60.8 cm³/mol. The smallest absolute Gasteiger partial charge is 0.330 e. The van der Waals surface area contributed by atoms with E-state index in [0.717, 1.165) is 6.08 Å². The third-order valence-electron chi connectivity index (χ3n) is 2.44. The number of hydrogen-bond acceptors (Lipinski definition) is 4. The van der Waals surface area contributed by atoms with Gasteiger partial charge in [0.05, 0.1) is 5.92 Å². The number of aliphatic carboxylic acids is 2. The van der Waals surface area contributed by atoms with E-state index in [0.29, 0.717) is 5.56 Å². The van der Waals surface area contributed by atoms with Crippen LogP contribution in [0.15, 0.2) is 35.3 Å². The molecule has 0 radical (unpaired) electrons. The lowest BCUT2D eigenvalue weighted by molar-refractivity contribution is -0.149.